The summed E-state index contributed by atoms with van der Waals surface area (Å²) in [6.45, 7) is 3.78. The molecule has 0 aromatic carbocycles. The third-order valence-electron chi connectivity index (χ3n) is 3.58. The van der Waals surface area contributed by atoms with Crippen LogP contribution in [0, 0.1) is 6.92 Å². The summed E-state index contributed by atoms with van der Waals surface area (Å²) in [5.74, 6) is 2.36. The predicted octanol–water partition coefficient (Wildman–Crippen LogP) is 1.43. The molecule has 100 valence electrons. The molecule has 0 aliphatic carbocycles. The molecule has 0 bridgehead atoms. The van der Waals surface area contributed by atoms with Gasteiger partial charge in [-0.05, 0) is 32.4 Å². The Morgan fingerprint density at radius 1 is 1.53 bits per heavy atom. The molecule has 3 N–H and O–H groups in total. The van der Waals surface area contributed by atoms with Crippen LogP contribution < -0.4 is 5.73 Å². The lowest BCUT2D eigenvalue weighted by atomic mass is 10.2. The average molecular weight is 258 g/mol. The van der Waals surface area contributed by atoms with Gasteiger partial charge in [0.1, 0.15) is 11.6 Å². The summed E-state index contributed by atoms with van der Waals surface area (Å²) in [6.07, 6.45) is 3.98. The molecule has 2 aromatic rings. The molecule has 0 unspecified atom stereocenters. The van der Waals surface area contributed by atoms with E-state index in [-0.39, 0.29) is 6.04 Å². The molecule has 2 aromatic heterocycles. The molecular weight excluding hydrogens is 240 g/mol. The van der Waals surface area contributed by atoms with E-state index in [4.69, 9.17) is 5.73 Å². The zero-order valence-electron chi connectivity index (χ0n) is 11.0. The maximum absolute atomic E-state index is 5.91. The van der Waals surface area contributed by atoms with Crippen molar-refractivity contribution in [2.45, 2.75) is 32.4 Å². The molecule has 1 aliphatic heterocycles. The largest absolute Gasteiger partial charge is 0.383 e. The van der Waals surface area contributed by atoms with E-state index < -0.39 is 0 Å². The highest BCUT2D eigenvalue weighted by Crippen LogP contribution is 2.31. The Morgan fingerprint density at radius 3 is 3.16 bits per heavy atom. The van der Waals surface area contributed by atoms with Gasteiger partial charge in [-0.2, -0.15) is 5.10 Å². The number of nitrogen functional groups attached to an aromatic ring is 1. The van der Waals surface area contributed by atoms with Gasteiger partial charge in [0.25, 0.3) is 0 Å². The summed E-state index contributed by atoms with van der Waals surface area (Å²) in [4.78, 5) is 11.0. The number of aryl methyl sites for hydroxylation is 1. The van der Waals surface area contributed by atoms with Gasteiger partial charge in [0.15, 0.2) is 5.82 Å². The first-order valence-electron chi connectivity index (χ1n) is 6.56. The van der Waals surface area contributed by atoms with Crippen molar-refractivity contribution in [3.05, 3.63) is 35.5 Å². The Balaban J connectivity index is 1.79. The fourth-order valence-electron chi connectivity index (χ4n) is 2.62. The van der Waals surface area contributed by atoms with Gasteiger partial charge in [0.05, 0.1) is 6.04 Å². The van der Waals surface area contributed by atoms with Gasteiger partial charge >= 0.3 is 0 Å². The van der Waals surface area contributed by atoms with Crippen LogP contribution in [0.15, 0.2) is 18.3 Å². The highest BCUT2D eigenvalue weighted by molar-refractivity contribution is 5.38. The highest BCUT2D eigenvalue weighted by Gasteiger charge is 2.29. The fourth-order valence-corrected chi connectivity index (χ4v) is 2.62. The van der Waals surface area contributed by atoms with E-state index in [0.717, 1.165) is 36.7 Å². The minimum Gasteiger partial charge on any atom is -0.383 e. The van der Waals surface area contributed by atoms with Crippen LogP contribution in [-0.4, -0.2) is 31.6 Å². The van der Waals surface area contributed by atoms with Crippen LogP contribution >= 0.6 is 0 Å². The van der Waals surface area contributed by atoms with Gasteiger partial charge < -0.3 is 5.73 Å². The number of nitrogens with two attached hydrogens (primary N) is 1. The Hall–Kier alpha value is -1.95. The lowest BCUT2D eigenvalue weighted by Gasteiger charge is -2.22. The molecule has 0 amide bonds. The number of aromatic amines is 1. The summed E-state index contributed by atoms with van der Waals surface area (Å²) < 4.78 is 0. The number of anilines is 1. The van der Waals surface area contributed by atoms with Crippen molar-refractivity contribution in [3.8, 4) is 0 Å². The molecule has 6 nitrogen and oxygen atoms in total. The lowest BCUT2D eigenvalue weighted by molar-refractivity contribution is 0.240. The van der Waals surface area contributed by atoms with E-state index in [1.165, 1.54) is 6.42 Å². The van der Waals surface area contributed by atoms with Gasteiger partial charge in [-0.25, -0.2) is 9.97 Å². The maximum atomic E-state index is 5.91. The first kappa shape index (κ1) is 12.1. The Kier molecular flexibility index (Phi) is 3.16. The first-order valence-corrected chi connectivity index (χ1v) is 6.56. The van der Waals surface area contributed by atoms with Gasteiger partial charge in [0.2, 0.25) is 0 Å². The number of hydrogen-bond acceptors (Lipinski definition) is 5. The lowest BCUT2D eigenvalue weighted by Crippen LogP contribution is -2.24. The van der Waals surface area contributed by atoms with E-state index in [1.54, 1.807) is 6.20 Å². The van der Waals surface area contributed by atoms with Crippen LogP contribution in [0.5, 0.6) is 0 Å². The topological polar surface area (TPSA) is 83.7 Å². The normalized spacial score (nSPS) is 19.9. The van der Waals surface area contributed by atoms with Gasteiger partial charge in [-0.15, -0.1) is 0 Å². The van der Waals surface area contributed by atoms with Crippen LogP contribution in [0.2, 0.25) is 0 Å². The highest BCUT2D eigenvalue weighted by atomic mass is 15.3. The molecule has 1 aliphatic rings. The standard InChI is InChI=1S/C13H18N6/c1-9-16-13(18-17-9)11-5-3-7-19(11)8-10-4-2-6-15-12(10)14/h2,4,6,11H,3,5,7-8H2,1H3,(H2,14,15)(H,16,17,18)/t11-/m0/s1. The zero-order valence-corrected chi connectivity index (χ0v) is 11.0. The van der Waals surface area contributed by atoms with E-state index in [1.807, 2.05) is 19.1 Å². The summed E-state index contributed by atoms with van der Waals surface area (Å²) in [5, 5.41) is 7.20. The van der Waals surface area contributed by atoms with Crippen molar-refractivity contribution in [1.29, 1.82) is 0 Å². The van der Waals surface area contributed by atoms with Crippen LogP contribution in [0.1, 0.15) is 36.1 Å². The molecule has 19 heavy (non-hydrogen) atoms. The number of pyridine rings is 1. The van der Waals surface area contributed by atoms with Crippen molar-refractivity contribution in [3.63, 3.8) is 0 Å². The van der Waals surface area contributed by atoms with E-state index >= 15 is 0 Å². The van der Waals surface area contributed by atoms with E-state index in [0.29, 0.717) is 5.82 Å². The summed E-state index contributed by atoms with van der Waals surface area (Å²) >= 11 is 0. The van der Waals surface area contributed by atoms with Gasteiger partial charge in [-0.3, -0.25) is 10.00 Å². The molecule has 0 saturated carbocycles. The first-order chi connectivity index (χ1) is 9.24. The number of nitrogens with zero attached hydrogens (tertiary/aromatic N) is 4. The summed E-state index contributed by atoms with van der Waals surface area (Å²) in [6, 6.07) is 4.24. The number of hydrogen-bond donors (Lipinski definition) is 2. The summed E-state index contributed by atoms with van der Waals surface area (Å²) in [5.41, 5.74) is 6.98. The molecule has 0 radical (unpaired) electrons. The second-order valence-electron chi connectivity index (χ2n) is 4.96. The molecule has 3 heterocycles. The second-order valence-corrected chi connectivity index (χ2v) is 4.96. The SMILES string of the molecule is Cc1nc([C@@H]2CCCN2Cc2cccnc2N)n[nH]1. The molecule has 1 atom stereocenters. The number of nitrogens with one attached hydrogen (secondary N) is 1. The zero-order chi connectivity index (χ0) is 13.2. The smallest absolute Gasteiger partial charge is 0.167 e. The van der Waals surface area contributed by atoms with Crippen molar-refractivity contribution in [2.75, 3.05) is 12.3 Å². The molecule has 1 saturated heterocycles. The molecular formula is C13H18N6. The quantitative estimate of drug-likeness (QED) is 0.870. The average Bonchev–Trinajstić information content (AvgIpc) is 3.01. The Bertz CT molecular complexity index is 564. The van der Waals surface area contributed by atoms with E-state index in [2.05, 4.69) is 25.1 Å². The molecule has 6 heteroatoms. The van der Waals surface area contributed by atoms with Crippen LogP contribution in [-0.2, 0) is 6.54 Å². The third kappa shape index (κ3) is 2.44. The monoisotopic (exact) mass is 258 g/mol. The maximum Gasteiger partial charge on any atom is 0.167 e. The predicted molar refractivity (Wildman–Crippen MR) is 72.2 cm³/mol. The minimum atomic E-state index is 0.282. The van der Waals surface area contributed by atoms with Crippen LogP contribution in [0.3, 0.4) is 0 Å². The summed E-state index contributed by atoms with van der Waals surface area (Å²) in [7, 11) is 0. The van der Waals surface area contributed by atoms with Crippen LogP contribution in [0.25, 0.3) is 0 Å². The van der Waals surface area contributed by atoms with Crippen molar-refractivity contribution in [1.82, 2.24) is 25.1 Å². The molecule has 3 rings (SSSR count). The fraction of sp³-hybridized carbons (Fsp3) is 0.462. The molecule has 1 fully saturated rings. The molecule has 0 spiro atoms. The number of aromatic nitrogens is 4. The third-order valence-corrected chi connectivity index (χ3v) is 3.58. The van der Waals surface area contributed by atoms with Crippen molar-refractivity contribution < 1.29 is 0 Å². The minimum absolute atomic E-state index is 0.282. The Morgan fingerprint density at radius 2 is 2.42 bits per heavy atom. The number of likely N-dealkylation sites (tertiary alicyclic amines) is 1. The van der Waals surface area contributed by atoms with Crippen molar-refractivity contribution in [2.24, 2.45) is 0 Å². The Labute approximate surface area is 112 Å². The van der Waals surface area contributed by atoms with E-state index in [9.17, 15) is 0 Å². The number of rotatable bonds is 3. The van der Waals surface area contributed by atoms with Gasteiger partial charge in [-0.1, -0.05) is 6.07 Å². The second kappa shape index (κ2) is 4.97. The van der Waals surface area contributed by atoms with Crippen molar-refractivity contribution >= 4 is 5.82 Å². The number of H-pyrrole nitrogens is 1. The van der Waals surface area contributed by atoms with Gasteiger partial charge in [0, 0.05) is 18.3 Å². The van der Waals surface area contributed by atoms with Crippen LogP contribution in [0.4, 0.5) is 5.82 Å².